The number of nitrogens with zero attached hydrogens (tertiary/aromatic N) is 4. The Hall–Kier alpha value is -3.73. The molecule has 2 heterocycles. The van der Waals surface area contributed by atoms with Gasteiger partial charge in [0.15, 0.2) is 0 Å². The smallest absolute Gasteiger partial charge is 0.239 e. The van der Waals surface area contributed by atoms with Gasteiger partial charge in [0.25, 0.3) is 0 Å². The Kier molecular flexibility index (Phi) is 4.64. The van der Waals surface area contributed by atoms with E-state index in [0.29, 0.717) is 13.1 Å². The number of hydrogen-bond acceptors (Lipinski definition) is 3. The second-order valence-electron chi connectivity index (χ2n) is 7.72. The molecule has 0 spiro atoms. The van der Waals surface area contributed by atoms with Crippen LogP contribution in [0, 0.1) is 6.92 Å². The molecule has 30 heavy (non-hydrogen) atoms. The molecule has 1 atom stereocenters. The molecule has 0 N–H and O–H groups in total. The monoisotopic (exact) mass is 394 g/mol. The molecule has 4 aromatic rings. The SMILES string of the molecule is Cc1ccc([C@H]2C(=O)N(Cc3cn(Cc4ccccc4)nn3)c3ccccc32)cc1. The highest BCUT2D eigenvalue weighted by molar-refractivity contribution is 6.06. The van der Waals surface area contributed by atoms with Crippen LogP contribution in [-0.2, 0) is 17.9 Å². The van der Waals surface area contributed by atoms with E-state index in [9.17, 15) is 4.79 Å². The van der Waals surface area contributed by atoms with E-state index < -0.39 is 0 Å². The molecule has 0 saturated heterocycles. The summed E-state index contributed by atoms with van der Waals surface area (Å²) in [5, 5.41) is 8.56. The van der Waals surface area contributed by atoms with Crippen molar-refractivity contribution in [2.24, 2.45) is 0 Å². The second-order valence-corrected chi connectivity index (χ2v) is 7.72. The minimum Gasteiger partial charge on any atom is -0.305 e. The van der Waals surface area contributed by atoms with E-state index in [-0.39, 0.29) is 11.8 Å². The summed E-state index contributed by atoms with van der Waals surface area (Å²) >= 11 is 0. The number of aromatic nitrogens is 3. The number of carbonyl (C=O) groups is 1. The lowest BCUT2D eigenvalue weighted by atomic mass is 9.92. The first-order valence-corrected chi connectivity index (χ1v) is 10.1. The maximum atomic E-state index is 13.4. The van der Waals surface area contributed by atoms with Crippen LogP contribution in [-0.4, -0.2) is 20.9 Å². The molecule has 3 aromatic carbocycles. The van der Waals surface area contributed by atoms with Crippen molar-refractivity contribution in [3.8, 4) is 0 Å². The maximum absolute atomic E-state index is 13.4. The molecule has 0 saturated carbocycles. The van der Waals surface area contributed by atoms with Gasteiger partial charge in [0.1, 0.15) is 5.69 Å². The van der Waals surface area contributed by atoms with E-state index in [0.717, 1.165) is 28.1 Å². The highest BCUT2D eigenvalue weighted by Crippen LogP contribution is 2.41. The Morgan fingerprint density at radius 3 is 2.40 bits per heavy atom. The van der Waals surface area contributed by atoms with Crippen molar-refractivity contribution < 1.29 is 4.79 Å². The fourth-order valence-electron chi connectivity index (χ4n) is 4.05. The van der Waals surface area contributed by atoms with Crippen molar-refractivity contribution in [2.75, 3.05) is 4.90 Å². The fourth-order valence-corrected chi connectivity index (χ4v) is 4.05. The summed E-state index contributed by atoms with van der Waals surface area (Å²) in [5.41, 5.74) is 6.14. The van der Waals surface area contributed by atoms with E-state index in [4.69, 9.17) is 0 Å². The molecule has 1 aliphatic rings. The number of aryl methyl sites for hydroxylation is 1. The summed E-state index contributed by atoms with van der Waals surface area (Å²) < 4.78 is 1.81. The second kappa shape index (κ2) is 7.59. The molecule has 1 aliphatic heterocycles. The van der Waals surface area contributed by atoms with Gasteiger partial charge in [-0.05, 0) is 29.7 Å². The molecule has 0 radical (unpaired) electrons. The van der Waals surface area contributed by atoms with Crippen molar-refractivity contribution in [3.63, 3.8) is 0 Å². The van der Waals surface area contributed by atoms with E-state index in [2.05, 4.69) is 41.5 Å². The highest BCUT2D eigenvalue weighted by Gasteiger charge is 2.38. The van der Waals surface area contributed by atoms with Gasteiger partial charge in [0.2, 0.25) is 5.91 Å². The normalized spacial score (nSPS) is 15.4. The topological polar surface area (TPSA) is 51.0 Å². The van der Waals surface area contributed by atoms with Crippen molar-refractivity contribution >= 4 is 11.6 Å². The third-order valence-electron chi connectivity index (χ3n) is 5.56. The number of anilines is 1. The highest BCUT2D eigenvalue weighted by atomic mass is 16.2. The lowest BCUT2D eigenvalue weighted by molar-refractivity contribution is -0.118. The van der Waals surface area contributed by atoms with Crippen LogP contribution in [0.3, 0.4) is 0 Å². The largest absolute Gasteiger partial charge is 0.305 e. The van der Waals surface area contributed by atoms with Crippen LogP contribution >= 0.6 is 0 Å². The van der Waals surface area contributed by atoms with Gasteiger partial charge >= 0.3 is 0 Å². The summed E-state index contributed by atoms with van der Waals surface area (Å²) in [6, 6.07) is 26.4. The van der Waals surface area contributed by atoms with Crippen molar-refractivity contribution in [2.45, 2.75) is 25.9 Å². The van der Waals surface area contributed by atoms with Crippen LogP contribution in [0.2, 0.25) is 0 Å². The Labute approximate surface area is 175 Å². The number of benzene rings is 3. The number of carbonyl (C=O) groups excluding carboxylic acids is 1. The fraction of sp³-hybridized carbons (Fsp3) is 0.160. The van der Waals surface area contributed by atoms with Crippen LogP contribution in [0.4, 0.5) is 5.69 Å². The quantitative estimate of drug-likeness (QED) is 0.507. The number of fused-ring (bicyclic) bond motifs is 1. The number of hydrogen-bond donors (Lipinski definition) is 0. The summed E-state index contributed by atoms with van der Waals surface area (Å²) in [6.45, 7) is 3.12. The van der Waals surface area contributed by atoms with E-state index in [1.165, 1.54) is 5.56 Å². The van der Waals surface area contributed by atoms with Gasteiger partial charge in [-0.15, -0.1) is 5.10 Å². The molecule has 1 aromatic heterocycles. The molecule has 5 heteroatoms. The van der Waals surface area contributed by atoms with E-state index >= 15 is 0 Å². The molecule has 0 unspecified atom stereocenters. The molecule has 0 bridgehead atoms. The molecule has 5 rings (SSSR count). The Morgan fingerprint density at radius 1 is 0.867 bits per heavy atom. The van der Waals surface area contributed by atoms with Gasteiger partial charge in [0, 0.05) is 5.69 Å². The maximum Gasteiger partial charge on any atom is 0.239 e. The van der Waals surface area contributed by atoms with Gasteiger partial charge < -0.3 is 4.90 Å². The van der Waals surface area contributed by atoms with Crippen LogP contribution in [0.15, 0.2) is 85.1 Å². The number of amides is 1. The van der Waals surface area contributed by atoms with Gasteiger partial charge in [-0.2, -0.15) is 0 Å². The van der Waals surface area contributed by atoms with Crippen LogP contribution in [0.1, 0.15) is 33.9 Å². The Balaban J connectivity index is 1.41. The molecular weight excluding hydrogens is 372 g/mol. The number of rotatable bonds is 5. The third kappa shape index (κ3) is 3.39. The van der Waals surface area contributed by atoms with Gasteiger partial charge in [-0.3, -0.25) is 4.79 Å². The first-order chi connectivity index (χ1) is 14.7. The van der Waals surface area contributed by atoms with Gasteiger partial charge in [-0.25, -0.2) is 4.68 Å². The number of para-hydroxylation sites is 1. The summed E-state index contributed by atoms with van der Waals surface area (Å²) in [5.74, 6) is -0.196. The summed E-state index contributed by atoms with van der Waals surface area (Å²) in [7, 11) is 0. The average Bonchev–Trinajstić information content (AvgIpc) is 3.32. The molecule has 0 aliphatic carbocycles. The molecule has 5 nitrogen and oxygen atoms in total. The zero-order chi connectivity index (χ0) is 20.5. The molecule has 0 fully saturated rings. The zero-order valence-corrected chi connectivity index (χ0v) is 16.8. The predicted molar refractivity (Wildman–Crippen MR) is 116 cm³/mol. The molecule has 1 amide bonds. The average molecular weight is 394 g/mol. The Morgan fingerprint density at radius 2 is 1.60 bits per heavy atom. The Bertz CT molecular complexity index is 1180. The zero-order valence-electron chi connectivity index (χ0n) is 16.8. The molecule has 148 valence electrons. The first kappa shape index (κ1) is 18.3. The van der Waals surface area contributed by atoms with Crippen molar-refractivity contribution in [3.05, 3.63) is 113 Å². The lowest BCUT2D eigenvalue weighted by Crippen LogP contribution is -2.28. The minimum absolute atomic E-state index is 0.0812. The molecular formula is C25H22N4O. The van der Waals surface area contributed by atoms with E-state index in [1.54, 1.807) is 0 Å². The summed E-state index contributed by atoms with van der Waals surface area (Å²) in [6.07, 6.45) is 1.92. The standard InChI is InChI=1S/C25H22N4O/c1-18-11-13-20(14-12-18)24-22-9-5-6-10-23(22)29(25(24)30)17-21-16-28(27-26-21)15-19-7-3-2-4-8-19/h2-14,16,24H,15,17H2,1H3/t24-/m1/s1. The van der Waals surface area contributed by atoms with Gasteiger partial charge in [0.05, 0.1) is 25.2 Å². The third-order valence-corrected chi connectivity index (χ3v) is 5.56. The van der Waals surface area contributed by atoms with Crippen LogP contribution in [0.5, 0.6) is 0 Å². The minimum atomic E-state index is -0.277. The van der Waals surface area contributed by atoms with Crippen molar-refractivity contribution in [1.82, 2.24) is 15.0 Å². The summed E-state index contributed by atoms with van der Waals surface area (Å²) in [4.78, 5) is 15.3. The lowest BCUT2D eigenvalue weighted by Gasteiger charge is -2.16. The van der Waals surface area contributed by atoms with Crippen LogP contribution in [0.25, 0.3) is 0 Å². The van der Waals surface area contributed by atoms with Crippen molar-refractivity contribution in [1.29, 1.82) is 0 Å². The first-order valence-electron chi connectivity index (χ1n) is 10.1. The van der Waals surface area contributed by atoms with E-state index in [1.807, 2.05) is 70.4 Å². The van der Waals surface area contributed by atoms with Gasteiger partial charge in [-0.1, -0.05) is 83.6 Å². The van der Waals surface area contributed by atoms with Crippen LogP contribution < -0.4 is 4.90 Å². The predicted octanol–water partition coefficient (Wildman–Crippen LogP) is 4.31.